The van der Waals surface area contributed by atoms with Crippen LogP contribution < -0.4 is 4.74 Å². The van der Waals surface area contributed by atoms with Gasteiger partial charge in [0.05, 0.1) is 0 Å². The average Bonchev–Trinajstić information content (AvgIpc) is 2.35. The first kappa shape index (κ1) is 13.7. The normalized spacial score (nSPS) is 19.7. The van der Waals surface area contributed by atoms with Gasteiger partial charge in [-0.1, -0.05) is 18.5 Å². The van der Waals surface area contributed by atoms with Crippen LogP contribution in [0.4, 0.5) is 0 Å². The van der Waals surface area contributed by atoms with Crippen molar-refractivity contribution in [1.82, 2.24) is 4.90 Å². The second-order valence-electron chi connectivity index (χ2n) is 5.37. The van der Waals surface area contributed by atoms with E-state index in [1.165, 1.54) is 25.9 Å². The Balaban J connectivity index is 1.78. The number of rotatable bonds is 4. The smallest absolute Gasteiger partial charge is 0.119 e. The topological polar surface area (TPSA) is 12.5 Å². The molecule has 0 aliphatic carbocycles. The van der Waals surface area contributed by atoms with Gasteiger partial charge in [0.1, 0.15) is 11.9 Å². The van der Waals surface area contributed by atoms with Crippen molar-refractivity contribution in [1.29, 1.82) is 0 Å². The molecule has 18 heavy (non-hydrogen) atoms. The number of benzene rings is 1. The lowest BCUT2D eigenvalue weighted by Gasteiger charge is -2.32. The Bertz CT molecular complexity index is 357. The first-order chi connectivity index (χ1) is 8.63. The Morgan fingerprint density at radius 2 is 1.89 bits per heavy atom. The molecule has 0 bridgehead atoms. The van der Waals surface area contributed by atoms with Crippen molar-refractivity contribution in [3.05, 3.63) is 29.3 Å². The van der Waals surface area contributed by atoms with Crippen molar-refractivity contribution < 1.29 is 4.74 Å². The molecule has 0 saturated carbocycles. The van der Waals surface area contributed by atoms with Crippen LogP contribution in [0.15, 0.2) is 24.3 Å². The molecule has 1 saturated heterocycles. The summed E-state index contributed by atoms with van der Waals surface area (Å²) in [6.07, 6.45) is 2.85. The van der Waals surface area contributed by atoms with Crippen LogP contribution in [0.25, 0.3) is 0 Å². The van der Waals surface area contributed by atoms with E-state index in [9.17, 15) is 0 Å². The summed E-state index contributed by atoms with van der Waals surface area (Å²) < 4.78 is 5.90. The summed E-state index contributed by atoms with van der Waals surface area (Å²) in [5.74, 6) is 1.78. The highest BCUT2D eigenvalue weighted by Crippen LogP contribution is 2.19. The summed E-state index contributed by atoms with van der Waals surface area (Å²) in [5, 5.41) is 0.750. The molecule has 1 aliphatic rings. The quantitative estimate of drug-likeness (QED) is 0.822. The molecule has 3 heteroatoms. The minimum Gasteiger partial charge on any atom is -0.489 e. The van der Waals surface area contributed by atoms with Gasteiger partial charge in [-0.25, -0.2) is 0 Å². The monoisotopic (exact) mass is 267 g/mol. The van der Waals surface area contributed by atoms with Crippen molar-refractivity contribution in [2.75, 3.05) is 19.6 Å². The van der Waals surface area contributed by atoms with Crippen LogP contribution in [0.1, 0.15) is 26.7 Å². The maximum absolute atomic E-state index is 5.90. The van der Waals surface area contributed by atoms with E-state index < -0.39 is 0 Å². The van der Waals surface area contributed by atoms with Crippen LogP contribution in [-0.4, -0.2) is 30.6 Å². The van der Waals surface area contributed by atoms with E-state index in [0.29, 0.717) is 0 Å². The molecule has 100 valence electrons. The van der Waals surface area contributed by atoms with Crippen molar-refractivity contribution in [3.63, 3.8) is 0 Å². The Kier molecular flexibility index (Phi) is 4.90. The third-order valence-electron chi connectivity index (χ3n) is 3.54. The molecule has 0 radical (unpaired) electrons. The second kappa shape index (κ2) is 6.44. The molecule has 1 aliphatic heterocycles. The zero-order valence-electron chi connectivity index (χ0n) is 11.2. The minimum atomic E-state index is 0.222. The Morgan fingerprint density at radius 1 is 1.28 bits per heavy atom. The molecule has 2 nitrogen and oxygen atoms in total. The zero-order chi connectivity index (χ0) is 13.0. The highest BCUT2D eigenvalue weighted by Gasteiger charge is 2.18. The number of piperidine rings is 1. The third-order valence-corrected chi connectivity index (χ3v) is 3.79. The van der Waals surface area contributed by atoms with Gasteiger partial charge >= 0.3 is 0 Å². The molecule has 0 unspecified atom stereocenters. The fourth-order valence-corrected chi connectivity index (χ4v) is 2.52. The van der Waals surface area contributed by atoms with Gasteiger partial charge in [0, 0.05) is 11.6 Å². The Labute approximate surface area is 115 Å². The van der Waals surface area contributed by atoms with E-state index >= 15 is 0 Å². The van der Waals surface area contributed by atoms with E-state index in [-0.39, 0.29) is 6.10 Å². The van der Waals surface area contributed by atoms with Crippen molar-refractivity contribution in [3.8, 4) is 5.75 Å². The van der Waals surface area contributed by atoms with Gasteiger partial charge in [-0.3, -0.25) is 4.90 Å². The van der Waals surface area contributed by atoms with E-state index in [1.54, 1.807) is 0 Å². The number of hydrogen-bond donors (Lipinski definition) is 0. The van der Waals surface area contributed by atoms with E-state index in [1.807, 2.05) is 24.3 Å². The summed E-state index contributed by atoms with van der Waals surface area (Å²) in [4.78, 5) is 2.50. The molecule has 1 heterocycles. The van der Waals surface area contributed by atoms with Gasteiger partial charge in [-0.2, -0.15) is 0 Å². The number of likely N-dealkylation sites (tertiary alicyclic amines) is 1. The molecule has 0 amide bonds. The van der Waals surface area contributed by atoms with Gasteiger partial charge in [-0.05, 0) is 63.0 Å². The maximum atomic E-state index is 5.90. The standard InChI is InChI=1S/C15H22ClNO/c1-12-7-9-17(10-8-12)11-13(2)18-15-5-3-14(16)4-6-15/h3-6,12-13H,7-11H2,1-2H3/t13-/m1/s1. The van der Waals surface area contributed by atoms with Gasteiger partial charge in [-0.15, -0.1) is 0 Å². The lowest BCUT2D eigenvalue weighted by molar-refractivity contribution is 0.117. The lowest BCUT2D eigenvalue weighted by atomic mass is 9.99. The van der Waals surface area contributed by atoms with Crippen molar-refractivity contribution in [2.24, 2.45) is 5.92 Å². The van der Waals surface area contributed by atoms with E-state index in [0.717, 1.165) is 23.2 Å². The van der Waals surface area contributed by atoms with Crippen LogP contribution in [0.2, 0.25) is 5.02 Å². The molecule has 1 fully saturated rings. The fourth-order valence-electron chi connectivity index (χ4n) is 2.39. The van der Waals surface area contributed by atoms with Gasteiger partial charge in [0.15, 0.2) is 0 Å². The van der Waals surface area contributed by atoms with Crippen LogP contribution >= 0.6 is 11.6 Å². The van der Waals surface area contributed by atoms with Crippen LogP contribution in [0, 0.1) is 5.92 Å². The van der Waals surface area contributed by atoms with Crippen molar-refractivity contribution >= 4 is 11.6 Å². The molecule has 1 atom stereocenters. The average molecular weight is 268 g/mol. The first-order valence-corrected chi connectivity index (χ1v) is 7.16. The summed E-state index contributed by atoms with van der Waals surface area (Å²) in [5.41, 5.74) is 0. The molecule has 2 rings (SSSR count). The molecular formula is C15H22ClNO. The van der Waals surface area contributed by atoms with Gasteiger partial charge < -0.3 is 4.74 Å². The van der Waals surface area contributed by atoms with E-state index in [2.05, 4.69) is 18.7 Å². The fraction of sp³-hybridized carbons (Fsp3) is 0.600. The summed E-state index contributed by atoms with van der Waals surface area (Å²) in [6.45, 7) is 7.89. The number of nitrogens with zero attached hydrogens (tertiary/aromatic N) is 1. The lowest BCUT2D eigenvalue weighted by Crippen LogP contribution is -2.39. The van der Waals surface area contributed by atoms with Crippen LogP contribution in [0.5, 0.6) is 5.75 Å². The Hall–Kier alpha value is -0.730. The molecule has 0 spiro atoms. The van der Waals surface area contributed by atoms with Crippen molar-refractivity contribution in [2.45, 2.75) is 32.8 Å². The molecule has 0 aromatic heterocycles. The maximum Gasteiger partial charge on any atom is 0.119 e. The number of halogens is 1. The first-order valence-electron chi connectivity index (χ1n) is 6.78. The predicted octanol–water partition coefficient (Wildman–Crippen LogP) is 3.84. The molecule has 1 aromatic carbocycles. The Morgan fingerprint density at radius 3 is 2.50 bits per heavy atom. The second-order valence-corrected chi connectivity index (χ2v) is 5.80. The largest absolute Gasteiger partial charge is 0.489 e. The predicted molar refractivity (Wildman–Crippen MR) is 76.4 cm³/mol. The summed E-state index contributed by atoms with van der Waals surface area (Å²) in [7, 11) is 0. The number of ether oxygens (including phenoxy) is 1. The summed E-state index contributed by atoms with van der Waals surface area (Å²) >= 11 is 5.85. The van der Waals surface area contributed by atoms with E-state index in [4.69, 9.17) is 16.3 Å². The minimum absolute atomic E-state index is 0.222. The number of hydrogen-bond acceptors (Lipinski definition) is 2. The van der Waals surface area contributed by atoms with Gasteiger partial charge in [0.2, 0.25) is 0 Å². The zero-order valence-corrected chi connectivity index (χ0v) is 12.0. The van der Waals surface area contributed by atoms with Gasteiger partial charge in [0.25, 0.3) is 0 Å². The molecule has 0 N–H and O–H groups in total. The third kappa shape index (κ3) is 4.18. The molecule has 1 aromatic rings. The SMILES string of the molecule is CC1CCN(C[C@@H](C)Oc2ccc(Cl)cc2)CC1. The highest BCUT2D eigenvalue weighted by atomic mass is 35.5. The summed E-state index contributed by atoms with van der Waals surface area (Å²) in [6, 6.07) is 7.59. The molecular weight excluding hydrogens is 246 g/mol. The highest BCUT2D eigenvalue weighted by molar-refractivity contribution is 6.30. The van der Waals surface area contributed by atoms with Crippen LogP contribution in [0.3, 0.4) is 0 Å². The van der Waals surface area contributed by atoms with Crippen LogP contribution in [-0.2, 0) is 0 Å².